The summed E-state index contributed by atoms with van der Waals surface area (Å²) in [7, 11) is 0. The van der Waals surface area contributed by atoms with Crippen molar-refractivity contribution in [1.82, 2.24) is 0 Å². The third kappa shape index (κ3) is 3.64. The van der Waals surface area contributed by atoms with Crippen molar-refractivity contribution in [2.24, 2.45) is 5.92 Å². The summed E-state index contributed by atoms with van der Waals surface area (Å²) in [6.07, 6.45) is 1.99. The van der Waals surface area contributed by atoms with Gasteiger partial charge in [0.1, 0.15) is 5.69 Å². The maximum absolute atomic E-state index is 11.2. The molecule has 0 aliphatic carbocycles. The van der Waals surface area contributed by atoms with E-state index in [0.717, 1.165) is 25.9 Å². The molecule has 1 fully saturated rings. The fourth-order valence-corrected chi connectivity index (χ4v) is 2.69. The smallest absolute Gasteiger partial charge is 0.294 e. The number of amides is 1. The summed E-state index contributed by atoms with van der Waals surface area (Å²) in [6.45, 7) is 5.09. The molecule has 1 heterocycles. The number of hydrogen-bond acceptors (Lipinski definition) is 4. The van der Waals surface area contributed by atoms with Gasteiger partial charge in [-0.2, -0.15) is 0 Å². The lowest BCUT2D eigenvalue weighted by atomic mass is 9.98. The van der Waals surface area contributed by atoms with Crippen LogP contribution in [0.2, 0.25) is 5.02 Å². The normalized spacial score (nSPS) is 15.9. The first kappa shape index (κ1) is 15.6. The van der Waals surface area contributed by atoms with Gasteiger partial charge in [0.05, 0.1) is 15.6 Å². The fraction of sp³-hybridized carbons (Fsp3) is 0.500. The van der Waals surface area contributed by atoms with E-state index in [1.165, 1.54) is 13.0 Å². The highest BCUT2D eigenvalue weighted by molar-refractivity contribution is 6.34. The number of nitrogens with one attached hydrogen (secondary N) is 1. The fourth-order valence-electron chi connectivity index (χ4n) is 2.49. The highest BCUT2D eigenvalue weighted by Gasteiger charge is 2.25. The highest BCUT2D eigenvalue weighted by Crippen LogP contribution is 2.38. The molecule has 0 saturated carbocycles. The Hall–Kier alpha value is -1.82. The third-order valence-corrected chi connectivity index (χ3v) is 4.01. The van der Waals surface area contributed by atoms with E-state index in [0.29, 0.717) is 17.3 Å². The van der Waals surface area contributed by atoms with Crippen molar-refractivity contribution >= 4 is 34.6 Å². The average molecular weight is 312 g/mol. The Bertz CT molecular complexity index is 569. The number of piperidine rings is 1. The number of nitrogens with zero attached hydrogens (tertiary/aromatic N) is 2. The highest BCUT2D eigenvalue weighted by atomic mass is 35.5. The third-order valence-electron chi connectivity index (χ3n) is 3.70. The van der Waals surface area contributed by atoms with Crippen molar-refractivity contribution in [1.29, 1.82) is 0 Å². The number of anilines is 2. The van der Waals surface area contributed by atoms with Crippen LogP contribution in [0.5, 0.6) is 0 Å². The minimum absolute atomic E-state index is 0.0244. The van der Waals surface area contributed by atoms with E-state index in [1.54, 1.807) is 6.07 Å². The Morgan fingerprint density at radius 2 is 2.05 bits per heavy atom. The average Bonchev–Trinajstić information content (AvgIpc) is 2.41. The molecule has 1 aliphatic rings. The van der Waals surface area contributed by atoms with Crippen LogP contribution in [0.15, 0.2) is 12.1 Å². The molecule has 114 valence electrons. The van der Waals surface area contributed by atoms with Gasteiger partial charge >= 0.3 is 0 Å². The van der Waals surface area contributed by atoms with Crippen molar-refractivity contribution in [3.8, 4) is 0 Å². The van der Waals surface area contributed by atoms with Crippen molar-refractivity contribution in [3.05, 3.63) is 27.3 Å². The molecule has 2 rings (SSSR count). The molecule has 0 spiro atoms. The van der Waals surface area contributed by atoms with Gasteiger partial charge in [-0.15, -0.1) is 0 Å². The van der Waals surface area contributed by atoms with E-state index in [1.807, 2.05) is 4.90 Å². The molecule has 6 nitrogen and oxygen atoms in total. The molecule has 1 aliphatic heterocycles. The largest absolute Gasteiger partial charge is 0.366 e. The van der Waals surface area contributed by atoms with E-state index in [2.05, 4.69) is 12.2 Å². The summed E-state index contributed by atoms with van der Waals surface area (Å²) in [5.41, 5.74) is 0.895. The molecular formula is C14H18ClN3O3. The summed E-state index contributed by atoms with van der Waals surface area (Å²) in [5, 5.41) is 14.0. The van der Waals surface area contributed by atoms with Crippen LogP contribution in [-0.4, -0.2) is 23.9 Å². The Kier molecular flexibility index (Phi) is 4.67. The van der Waals surface area contributed by atoms with Crippen LogP contribution in [-0.2, 0) is 4.79 Å². The number of hydrogen-bond donors (Lipinski definition) is 1. The topological polar surface area (TPSA) is 75.5 Å². The molecule has 1 amide bonds. The van der Waals surface area contributed by atoms with E-state index >= 15 is 0 Å². The summed E-state index contributed by atoms with van der Waals surface area (Å²) in [5.74, 6) is 0.367. The van der Waals surface area contributed by atoms with E-state index in [4.69, 9.17) is 11.6 Å². The molecule has 0 bridgehead atoms. The monoisotopic (exact) mass is 311 g/mol. The van der Waals surface area contributed by atoms with Crippen LogP contribution in [0.1, 0.15) is 26.7 Å². The maximum atomic E-state index is 11.2. The summed E-state index contributed by atoms with van der Waals surface area (Å²) >= 11 is 6.01. The van der Waals surface area contributed by atoms with Crippen LogP contribution < -0.4 is 10.2 Å². The number of benzene rings is 1. The molecule has 0 atom stereocenters. The van der Waals surface area contributed by atoms with E-state index in [-0.39, 0.29) is 16.6 Å². The summed E-state index contributed by atoms with van der Waals surface area (Å²) in [4.78, 5) is 24.0. The molecule has 1 aromatic carbocycles. The zero-order chi connectivity index (χ0) is 15.6. The van der Waals surface area contributed by atoms with Crippen molar-refractivity contribution in [2.45, 2.75) is 26.7 Å². The summed E-state index contributed by atoms with van der Waals surface area (Å²) < 4.78 is 0. The second-order valence-electron chi connectivity index (χ2n) is 5.43. The van der Waals surface area contributed by atoms with Crippen LogP contribution in [0.25, 0.3) is 0 Å². The van der Waals surface area contributed by atoms with Crippen molar-refractivity contribution in [2.75, 3.05) is 23.3 Å². The minimum Gasteiger partial charge on any atom is -0.366 e. The molecule has 7 heteroatoms. The minimum atomic E-state index is -0.434. The van der Waals surface area contributed by atoms with Gasteiger partial charge in [-0.3, -0.25) is 14.9 Å². The summed E-state index contributed by atoms with van der Waals surface area (Å²) in [6, 6.07) is 2.90. The van der Waals surface area contributed by atoms with Gasteiger partial charge in [0, 0.05) is 26.1 Å². The molecule has 1 aromatic rings. The molecule has 21 heavy (non-hydrogen) atoms. The number of nitro benzene ring substituents is 1. The molecule has 0 radical (unpaired) electrons. The number of nitro groups is 1. The Labute approximate surface area is 128 Å². The second-order valence-corrected chi connectivity index (χ2v) is 5.84. The first-order valence-corrected chi connectivity index (χ1v) is 7.26. The van der Waals surface area contributed by atoms with E-state index < -0.39 is 4.92 Å². The zero-order valence-electron chi connectivity index (χ0n) is 12.1. The lowest BCUT2D eigenvalue weighted by molar-refractivity contribution is -0.384. The Morgan fingerprint density at radius 3 is 2.57 bits per heavy atom. The number of carbonyl (C=O) groups is 1. The van der Waals surface area contributed by atoms with Gasteiger partial charge in [0.15, 0.2) is 0 Å². The van der Waals surface area contributed by atoms with Gasteiger partial charge in [-0.25, -0.2) is 0 Å². The first-order chi connectivity index (χ1) is 9.88. The Morgan fingerprint density at radius 1 is 1.43 bits per heavy atom. The van der Waals surface area contributed by atoms with Crippen molar-refractivity contribution in [3.63, 3.8) is 0 Å². The zero-order valence-corrected chi connectivity index (χ0v) is 12.8. The maximum Gasteiger partial charge on any atom is 0.294 e. The van der Waals surface area contributed by atoms with Gasteiger partial charge in [-0.05, 0) is 24.8 Å². The van der Waals surface area contributed by atoms with E-state index in [9.17, 15) is 14.9 Å². The lowest BCUT2D eigenvalue weighted by Crippen LogP contribution is -2.33. The predicted molar refractivity (Wildman–Crippen MR) is 83.0 cm³/mol. The Balaban J connectivity index is 2.40. The molecular weight excluding hydrogens is 294 g/mol. The number of carbonyl (C=O) groups excluding carboxylic acids is 1. The first-order valence-electron chi connectivity index (χ1n) is 6.89. The van der Waals surface area contributed by atoms with Crippen LogP contribution >= 0.6 is 11.6 Å². The lowest BCUT2D eigenvalue weighted by Gasteiger charge is -2.32. The number of rotatable bonds is 3. The van der Waals surface area contributed by atoms with Gasteiger partial charge in [-0.1, -0.05) is 18.5 Å². The van der Waals surface area contributed by atoms with Gasteiger partial charge in [0.25, 0.3) is 5.69 Å². The van der Waals surface area contributed by atoms with Crippen LogP contribution in [0.4, 0.5) is 17.1 Å². The van der Waals surface area contributed by atoms with Gasteiger partial charge < -0.3 is 10.2 Å². The van der Waals surface area contributed by atoms with Gasteiger partial charge in [0.2, 0.25) is 5.91 Å². The number of halogens is 1. The predicted octanol–water partition coefficient (Wildman–Crippen LogP) is 3.44. The quantitative estimate of drug-likeness (QED) is 0.685. The second kappa shape index (κ2) is 6.30. The standard InChI is InChI=1S/C14H18ClN3O3/c1-9-3-5-17(6-4-9)13-8-12(16-10(2)19)11(15)7-14(13)18(20)21/h7-9H,3-6H2,1-2H3,(H,16,19). The molecule has 0 unspecified atom stereocenters. The molecule has 1 N–H and O–H groups in total. The molecule has 1 saturated heterocycles. The van der Waals surface area contributed by atoms with Crippen molar-refractivity contribution < 1.29 is 9.72 Å². The SMILES string of the molecule is CC(=O)Nc1cc(N2CCC(C)CC2)c([N+](=O)[O-])cc1Cl. The molecule has 0 aromatic heterocycles. The van der Waals surface area contributed by atoms with Crippen LogP contribution in [0, 0.1) is 16.0 Å². The van der Waals surface area contributed by atoms with Crippen LogP contribution in [0.3, 0.4) is 0 Å².